The van der Waals surface area contributed by atoms with E-state index in [1.165, 1.54) is 12.7 Å². The third-order valence-electron chi connectivity index (χ3n) is 2.98. The lowest BCUT2D eigenvalue weighted by Gasteiger charge is -2.23. The van der Waals surface area contributed by atoms with Gasteiger partial charge < -0.3 is 9.47 Å². The molecule has 0 saturated carbocycles. The van der Waals surface area contributed by atoms with Crippen molar-refractivity contribution in [2.45, 2.75) is 25.5 Å². The molecular weight excluding hydrogens is 220 g/mol. The lowest BCUT2D eigenvalue weighted by molar-refractivity contribution is -0.0298. The number of fused-ring (bicyclic) bond motifs is 1. The first-order chi connectivity index (χ1) is 8.40. The van der Waals surface area contributed by atoms with Crippen molar-refractivity contribution in [3.63, 3.8) is 0 Å². The minimum atomic E-state index is 0.0355. The monoisotopic (exact) mass is 234 g/mol. The fraction of sp³-hybridized carbons (Fsp3) is 0.545. The highest BCUT2D eigenvalue weighted by Crippen LogP contribution is 2.27. The van der Waals surface area contributed by atoms with Crippen molar-refractivity contribution in [3.8, 4) is 5.88 Å². The van der Waals surface area contributed by atoms with E-state index in [4.69, 9.17) is 9.47 Å². The van der Waals surface area contributed by atoms with E-state index in [0.717, 1.165) is 25.1 Å². The van der Waals surface area contributed by atoms with Gasteiger partial charge in [-0.1, -0.05) is 0 Å². The number of rotatable bonds is 2. The van der Waals surface area contributed by atoms with Crippen LogP contribution in [0.5, 0.6) is 5.88 Å². The van der Waals surface area contributed by atoms with E-state index in [1.807, 2.05) is 4.57 Å². The van der Waals surface area contributed by atoms with Crippen LogP contribution in [0, 0.1) is 0 Å². The quantitative estimate of drug-likeness (QED) is 0.788. The molecule has 0 amide bonds. The summed E-state index contributed by atoms with van der Waals surface area (Å²) in [6.07, 6.45) is 6.57. The number of hydrogen-bond donors (Lipinski definition) is 0. The van der Waals surface area contributed by atoms with Gasteiger partial charge in [0.25, 0.3) is 0 Å². The van der Waals surface area contributed by atoms with Crippen molar-refractivity contribution in [1.82, 2.24) is 19.5 Å². The van der Waals surface area contributed by atoms with Crippen molar-refractivity contribution in [2.24, 2.45) is 0 Å². The maximum absolute atomic E-state index is 5.73. The summed E-state index contributed by atoms with van der Waals surface area (Å²) in [7, 11) is 1.58. The predicted octanol–water partition coefficient (Wildman–Crippen LogP) is 1.53. The molecule has 1 saturated heterocycles. The highest BCUT2D eigenvalue weighted by atomic mass is 16.5. The largest absolute Gasteiger partial charge is 0.479 e. The number of methoxy groups -OCH3 is 1. The van der Waals surface area contributed by atoms with E-state index in [9.17, 15) is 0 Å². The molecule has 6 heteroatoms. The van der Waals surface area contributed by atoms with Gasteiger partial charge in [-0.15, -0.1) is 0 Å². The molecule has 0 N–H and O–H groups in total. The fourth-order valence-electron chi connectivity index (χ4n) is 2.13. The average molecular weight is 234 g/mol. The summed E-state index contributed by atoms with van der Waals surface area (Å²) in [5, 5.41) is 0. The average Bonchev–Trinajstić information content (AvgIpc) is 2.83. The summed E-state index contributed by atoms with van der Waals surface area (Å²) < 4.78 is 12.8. The Morgan fingerprint density at radius 2 is 2.29 bits per heavy atom. The van der Waals surface area contributed by atoms with Crippen molar-refractivity contribution in [3.05, 3.63) is 12.7 Å². The Hall–Kier alpha value is -1.69. The van der Waals surface area contributed by atoms with Crippen LogP contribution >= 0.6 is 0 Å². The zero-order chi connectivity index (χ0) is 11.7. The molecule has 90 valence electrons. The minimum Gasteiger partial charge on any atom is -0.479 e. The van der Waals surface area contributed by atoms with Crippen molar-refractivity contribution in [1.29, 1.82) is 0 Å². The first-order valence-corrected chi connectivity index (χ1v) is 5.73. The van der Waals surface area contributed by atoms with Crippen LogP contribution in [0.4, 0.5) is 0 Å². The second-order valence-electron chi connectivity index (χ2n) is 4.03. The van der Waals surface area contributed by atoms with Crippen LogP contribution in [0.15, 0.2) is 12.7 Å². The van der Waals surface area contributed by atoms with Gasteiger partial charge in [-0.05, 0) is 19.3 Å². The molecule has 0 spiro atoms. The molecular formula is C11H14N4O2. The Morgan fingerprint density at radius 1 is 1.35 bits per heavy atom. The lowest BCUT2D eigenvalue weighted by atomic mass is 10.2. The van der Waals surface area contributed by atoms with E-state index < -0.39 is 0 Å². The van der Waals surface area contributed by atoms with Gasteiger partial charge in [0, 0.05) is 6.61 Å². The van der Waals surface area contributed by atoms with Gasteiger partial charge >= 0.3 is 0 Å². The van der Waals surface area contributed by atoms with Crippen LogP contribution < -0.4 is 4.74 Å². The van der Waals surface area contributed by atoms with Crippen molar-refractivity contribution < 1.29 is 9.47 Å². The molecule has 2 aromatic heterocycles. The van der Waals surface area contributed by atoms with Crippen LogP contribution in [0.3, 0.4) is 0 Å². The molecule has 0 aliphatic carbocycles. The summed E-state index contributed by atoms with van der Waals surface area (Å²) in [5.41, 5.74) is 1.45. The smallest absolute Gasteiger partial charge is 0.245 e. The van der Waals surface area contributed by atoms with Crippen molar-refractivity contribution in [2.75, 3.05) is 13.7 Å². The molecule has 2 aromatic rings. The maximum Gasteiger partial charge on any atom is 0.245 e. The molecule has 1 fully saturated rings. The van der Waals surface area contributed by atoms with E-state index in [2.05, 4.69) is 15.0 Å². The molecule has 1 atom stereocenters. The second-order valence-corrected chi connectivity index (χ2v) is 4.03. The van der Waals surface area contributed by atoms with Gasteiger partial charge in [-0.3, -0.25) is 4.57 Å². The highest BCUT2D eigenvalue weighted by Gasteiger charge is 2.20. The van der Waals surface area contributed by atoms with E-state index in [-0.39, 0.29) is 6.23 Å². The molecule has 17 heavy (non-hydrogen) atoms. The molecule has 0 radical (unpaired) electrons. The number of aromatic nitrogens is 4. The summed E-state index contributed by atoms with van der Waals surface area (Å²) in [6.45, 7) is 0.798. The molecule has 1 aliphatic heterocycles. The molecule has 1 aliphatic rings. The van der Waals surface area contributed by atoms with Crippen LogP contribution in [-0.4, -0.2) is 33.2 Å². The lowest BCUT2D eigenvalue weighted by Crippen LogP contribution is -2.17. The highest BCUT2D eigenvalue weighted by molar-refractivity contribution is 5.75. The van der Waals surface area contributed by atoms with Gasteiger partial charge in [0.2, 0.25) is 5.88 Å². The normalized spacial score (nSPS) is 20.6. The van der Waals surface area contributed by atoms with Gasteiger partial charge in [-0.2, -0.15) is 4.98 Å². The fourth-order valence-corrected chi connectivity index (χ4v) is 2.13. The maximum atomic E-state index is 5.73. The first kappa shape index (κ1) is 10.5. The summed E-state index contributed by atoms with van der Waals surface area (Å²) in [4.78, 5) is 12.6. The van der Waals surface area contributed by atoms with Gasteiger partial charge in [-0.25, -0.2) is 9.97 Å². The third-order valence-corrected chi connectivity index (χ3v) is 2.98. The van der Waals surface area contributed by atoms with Crippen LogP contribution in [0.25, 0.3) is 11.2 Å². The SMILES string of the molecule is COc1ncnc2c1ncn2[C@H]1CCCCO1. The summed E-state index contributed by atoms with van der Waals surface area (Å²) in [6, 6.07) is 0. The van der Waals surface area contributed by atoms with E-state index in [0.29, 0.717) is 11.4 Å². The Balaban J connectivity index is 2.05. The van der Waals surface area contributed by atoms with Crippen LogP contribution in [0.1, 0.15) is 25.5 Å². The molecule has 3 rings (SSSR count). The Kier molecular flexibility index (Phi) is 2.64. The van der Waals surface area contributed by atoms with Gasteiger partial charge in [0.05, 0.1) is 13.4 Å². The predicted molar refractivity (Wildman–Crippen MR) is 60.7 cm³/mol. The van der Waals surface area contributed by atoms with E-state index >= 15 is 0 Å². The summed E-state index contributed by atoms with van der Waals surface area (Å²) in [5.74, 6) is 0.504. The Labute approximate surface area is 98.6 Å². The van der Waals surface area contributed by atoms with Gasteiger partial charge in [0.1, 0.15) is 12.6 Å². The Bertz CT molecular complexity index is 519. The molecule has 0 aromatic carbocycles. The molecule has 0 unspecified atom stereocenters. The van der Waals surface area contributed by atoms with E-state index in [1.54, 1.807) is 13.4 Å². The van der Waals surface area contributed by atoms with Gasteiger partial charge in [0.15, 0.2) is 11.2 Å². The van der Waals surface area contributed by atoms with Crippen LogP contribution in [-0.2, 0) is 4.74 Å². The van der Waals surface area contributed by atoms with Crippen LogP contribution in [0.2, 0.25) is 0 Å². The number of ether oxygens (including phenoxy) is 2. The zero-order valence-electron chi connectivity index (χ0n) is 9.67. The van der Waals surface area contributed by atoms with Crippen molar-refractivity contribution >= 4 is 11.2 Å². The minimum absolute atomic E-state index is 0.0355. The Morgan fingerprint density at radius 3 is 3.06 bits per heavy atom. The molecule has 0 bridgehead atoms. The molecule has 3 heterocycles. The standard InChI is InChI=1S/C11H14N4O2/c1-16-11-9-10(12-6-13-11)15(7-14-9)8-4-2-3-5-17-8/h6-8H,2-5H2,1H3/t8-/m1/s1. The topological polar surface area (TPSA) is 62.1 Å². The second kappa shape index (κ2) is 4.29. The molecule has 6 nitrogen and oxygen atoms in total. The number of hydrogen-bond acceptors (Lipinski definition) is 5. The zero-order valence-corrected chi connectivity index (χ0v) is 9.67. The number of nitrogens with zero attached hydrogens (tertiary/aromatic N) is 4. The third kappa shape index (κ3) is 1.74. The first-order valence-electron chi connectivity index (χ1n) is 5.73. The summed E-state index contributed by atoms with van der Waals surface area (Å²) >= 11 is 0. The number of imidazole rings is 1.